The second kappa shape index (κ2) is 12.7. The number of rotatable bonds is 10. The molecule has 0 fully saturated rings. The Bertz CT molecular complexity index is 1240. The van der Waals surface area contributed by atoms with Crippen LogP contribution in [0, 0.1) is 0 Å². The lowest BCUT2D eigenvalue weighted by atomic mass is 10.0. The van der Waals surface area contributed by atoms with Crippen molar-refractivity contribution < 1.29 is 23.6 Å². The monoisotopic (exact) mass is 475 g/mol. The zero-order chi connectivity index (χ0) is 25.0. The van der Waals surface area contributed by atoms with Crippen LogP contribution >= 0.6 is 0 Å². The van der Waals surface area contributed by atoms with Gasteiger partial charge in [0, 0.05) is 29.8 Å². The zero-order valence-corrected chi connectivity index (χ0v) is 19.7. The first-order chi connectivity index (χ1) is 17.0. The molecule has 3 aromatic rings. The number of hydrogen-bond acceptors (Lipinski definition) is 6. The van der Waals surface area contributed by atoms with Gasteiger partial charge in [-0.1, -0.05) is 77.0 Å². The summed E-state index contributed by atoms with van der Waals surface area (Å²) in [6.07, 6.45) is 1.31. The fourth-order valence-corrected chi connectivity index (χ4v) is 3.16. The lowest BCUT2D eigenvalue weighted by Gasteiger charge is -2.10. The summed E-state index contributed by atoms with van der Waals surface area (Å²) < 4.78 is 19.6. The molecule has 3 aromatic carbocycles. The molecule has 0 aromatic heterocycles. The van der Waals surface area contributed by atoms with Gasteiger partial charge in [-0.15, -0.1) is 0 Å². The summed E-state index contributed by atoms with van der Waals surface area (Å²) in [7, 11) is 2.89. The van der Waals surface area contributed by atoms with Gasteiger partial charge in [0.25, 0.3) is 11.9 Å². The molecule has 180 valence electrons. The van der Waals surface area contributed by atoms with E-state index in [0.29, 0.717) is 33.7 Å². The standard InChI is InChI=1S/C27H26FN3O4/c1-19(21-13-9-14-23(17-21)35-25(28)16-20-10-5-4-6-11-20)30-34-18-22-12-7-8-15-24(22)26(31-33-3)27(32)29-2/h4-17H,18H2,1-3H3,(H,29,32)/b25-16-,30-19+,31-26+. The van der Waals surface area contributed by atoms with E-state index in [2.05, 4.69) is 15.6 Å². The van der Waals surface area contributed by atoms with E-state index in [1.165, 1.54) is 20.2 Å². The molecule has 0 saturated carbocycles. The molecule has 0 atom stereocenters. The first-order valence-corrected chi connectivity index (χ1v) is 10.8. The predicted octanol–water partition coefficient (Wildman–Crippen LogP) is 5.07. The average molecular weight is 476 g/mol. The van der Waals surface area contributed by atoms with Gasteiger partial charge < -0.3 is 19.7 Å². The molecule has 0 heterocycles. The van der Waals surface area contributed by atoms with Gasteiger partial charge in [0.1, 0.15) is 19.5 Å². The van der Waals surface area contributed by atoms with Gasteiger partial charge in [-0.2, -0.15) is 4.39 Å². The number of oxime groups is 2. The van der Waals surface area contributed by atoms with Gasteiger partial charge in [0.15, 0.2) is 5.71 Å². The topological polar surface area (TPSA) is 81.5 Å². The van der Waals surface area contributed by atoms with Crippen LogP contribution in [0.15, 0.2) is 95.2 Å². The van der Waals surface area contributed by atoms with Crippen LogP contribution in [0.3, 0.4) is 0 Å². The maximum atomic E-state index is 14.3. The normalized spacial score (nSPS) is 12.2. The smallest absolute Gasteiger partial charge is 0.278 e. The van der Waals surface area contributed by atoms with Crippen LogP contribution in [0.2, 0.25) is 0 Å². The molecular weight excluding hydrogens is 449 g/mol. The molecule has 0 aliphatic rings. The number of halogens is 1. The molecule has 3 rings (SSSR count). The molecule has 0 bridgehead atoms. The molecule has 35 heavy (non-hydrogen) atoms. The van der Waals surface area contributed by atoms with Gasteiger partial charge in [-0.3, -0.25) is 4.79 Å². The third-order valence-electron chi connectivity index (χ3n) is 4.87. The maximum absolute atomic E-state index is 14.3. The number of hydrogen-bond donors (Lipinski definition) is 1. The summed E-state index contributed by atoms with van der Waals surface area (Å²) in [5, 5.41) is 10.6. The fourth-order valence-electron chi connectivity index (χ4n) is 3.16. The zero-order valence-electron chi connectivity index (χ0n) is 19.7. The largest absolute Gasteiger partial charge is 0.432 e. The number of likely N-dealkylation sites (N-methyl/N-ethyl adjacent to an activating group) is 1. The van der Waals surface area contributed by atoms with Gasteiger partial charge in [0.05, 0.1) is 5.71 Å². The quantitative estimate of drug-likeness (QED) is 0.252. The lowest BCUT2D eigenvalue weighted by molar-refractivity contribution is -0.114. The van der Waals surface area contributed by atoms with E-state index in [4.69, 9.17) is 14.4 Å². The van der Waals surface area contributed by atoms with Crippen molar-refractivity contribution in [2.45, 2.75) is 13.5 Å². The molecule has 0 aliphatic heterocycles. The van der Waals surface area contributed by atoms with Crippen molar-refractivity contribution in [2.24, 2.45) is 10.3 Å². The Morgan fingerprint density at radius 1 is 1.00 bits per heavy atom. The summed E-state index contributed by atoms with van der Waals surface area (Å²) >= 11 is 0. The van der Waals surface area contributed by atoms with Crippen LogP contribution < -0.4 is 10.1 Å². The number of carbonyl (C=O) groups excluding carboxylic acids is 1. The van der Waals surface area contributed by atoms with Crippen molar-refractivity contribution >= 4 is 23.4 Å². The van der Waals surface area contributed by atoms with Crippen molar-refractivity contribution in [3.05, 3.63) is 107 Å². The number of amides is 1. The van der Waals surface area contributed by atoms with E-state index in [1.807, 2.05) is 36.4 Å². The van der Waals surface area contributed by atoms with Crippen molar-refractivity contribution in [1.29, 1.82) is 0 Å². The van der Waals surface area contributed by atoms with Crippen LogP contribution in [0.1, 0.15) is 29.2 Å². The highest BCUT2D eigenvalue weighted by Gasteiger charge is 2.17. The summed E-state index contributed by atoms with van der Waals surface area (Å²) in [4.78, 5) is 22.6. The van der Waals surface area contributed by atoms with E-state index < -0.39 is 6.01 Å². The average Bonchev–Trinajstić information content (AvgIpc) is 2.88. The molecule has 0 radical (unpaired) electrons. The van der Waals surface area contributed by atoms with E-state index in [1.54, 1.807) is 49.4 Å². The second-order valence-corrected chi connectivity index (χ2v) is 7.30. The van der Waals surface area contributed by atoms with Crippen LogP contribution in [0.4, 0.5) is 4.39 Å². The number of ether oxygens (including phenoxy) is 1. The Morgan fingerprint density at radius 2 is 1.74 bits per heavy atom. The predicted molar refractivity (Wildman–Crippen MR) is 134 cm³/mol. The summed E-state index contributed by atoms with van der Waals surface area (Å²) in [6.45, 7) is 1.86. The van der Waals surface area contributed by atoms with Gasteiger partial charge >= 0.3 is 0 Å². The first-order valence-electron chi connectivity index (χ1n) is 10.8. The number of benzene rings is 3. The van der Waals surface area contributed by atoms with Crippen LogP contribution in [0.5, 0.6) is 5.75 Å². The third-order valence-corrected chi connectivity index (χ3v) is 4.87. The number of carbonyl (C=O) groups is 1. The molecule has 0 saturated heterocycles. The molecule has 0 spiro atoms. The van der Waals surface area contributed by atoms with Crippen LogP contribution in [-0.4, -0.2) is 31.5 Å². The van der Waals surface area contributed by atoms with Gasteiger partial charge in [0.2, 0.25) is 0 Å². The summed E-state index contributed by atoms with van der Waals surface area (Å²) in [5.74, 6) is -0.0533. The number of nitrogens with one attached hydrogen (secondary N) is 1. The molecule has 0 aliphatic carbocycles. The van der Waals surface area contributed by atoms with E-state index in [9.17, 15) is 9.18 Å². The highest BCUT2D eigenvalue weighted by Crippen LogP contribution is 2.19. The minimum absolute atomic E-state index is 0.0951. The molecule has 1 N–H and O–H groups in total. The molecular formula is C27H26FN3O4. The minimum atomic E-state index is -0.722. The Morgan fingerprint density at radius 3 is 2.49 bits per heavy atom. The Hall–Kier alpha value is -4.46. The van der Waals surface area contributed by atoms with Crippen molar-refractivity contribution in [3.8, 4) is 5.75 Å². The first kappa shape index (κ1) is 25.2. The van der Waals surface area contributed by atoms with Crippen LogP contribution in [0.25, 0.3) is 6.08 Å². The Kier molecular flexibility index (Phi) is 9.13. The third kappa shape index (κ3) is 7.26. The second-order valence-electron chi connectivity index (χ2n) is 7.30. The van der Waals surface area contributed by atoms with Gasteiger partial charge in [-0.05, 0) is 24.6 Å². The molecule has 0 unspecified atom stereocenters. The lowest BCUT2D eigenvalue weighted by Crippen LogP contribution is -2.29. The Balaban J connectivity index is 1.70. The summed E-state index contributed by atoms with van der Waals surface area (Å²) in [6, 6.07) is 22.4. The molecule has 8 heteroatoms. The van der Waals surface area contributed by atoms with Crippen molar-refractivity contribution in [1.82, 2.24) is 5.32 Å². The molecule has 7 nitrogen and oxygen atoms in total. The van der Waals surface area contributed by atoms with E-state index in [-0.39, 0.29) is 18.2 Å². The molecule has 1 amide bonds. The minimum Gasteiger partial charge on any atom is -0.432 e. The van der Waals surface area contributed by atoms with E-state index in [0.717, 1.165) is 0 Å². The number of nitrogens with zero attached hydrogens (tertiary/aromatic N) is 2. The SMILES string of the molecule is CNC(=O)/C(=N/OC)c1ccccc1CO/N=C(\C)c1cccc(O/C(F)=C\c2ccccc2)c1. The Labute approximate surface area is 203 Å². The van der Waals surface area contributed by atoms with Crippen molar-refractivity contribution in [2.75, 3.05) is 14.2 Å². The fraction of sp³-hybridized carbons (Fsp3) is 0.148. The maximum Gasteiger partial charge on any atom is 0.278 e. The van der Waals surface area contributed by atoms with E-state index >= 15 is 0 Å². The highest BCUT2D eigenvalue weighted by atomic mass is 19.1. The highest BCUT2D eigenvalue weighted by molar-refractivity contribution is 6.45. The van der Waals surface area contributed by atoms with Crippen LogP contribution in [-0.2, 0) is 21.1 Å². The van der Waals surface area contributed by atoms with Crippen molar-refractivity contribution in [3.63, 3.8) is 0 Å². The van der Waals surface area contributed by atoms with Gasteiger partial charge in [-0.25, -0.2) is 0 Å². The summed E-state index contributed by atoms with van der Waals surface area (Å²) in [5.41, 5.74) is 3.37.